The molecule has 16 heavy (non-hydrogen) atoms. The zero-order valence-electron chi connectivity index (χ0n) is 9.81. The monoisotopic (exact) mass is 221 g/mol. The molecule has 1 aromatic rings. The zero-order chi connectivity index (χ0) is 12.1. The van der Waals surface area contributed by atoms with E-state index in [1.807, 2.05) is 13.8 Å². The molecule has 0 aliphatic rings. The lowest BCUT2D eigenvalue weighted by molar-refractivity contribution is 0.0933. The van der Waals surface area contributed by atoms with Crippen molar-refractivity contribution in [3.63, 3.8) is 0 Å². The molecule has 4 N–H and O–H groups in total. The minimum absolute atomic E-state index is 0.0668. The quantitative estimate of drug-likeness (QED) is 0.729. The molecule has 0 amide bonds. The van der Waals surface area contributed by atoms with E-state index in [1.54, 1.807) is 18.3 Å². The minimum atomic E-state index is -0.473. The molecule has 1 rings (SSSR count). The topological polar surface area (TPSA) is 82.0 Å². The van der Waals surface area contributed by atoms with Crippen LogP contribution in [0.5, 0.6) is 0 Å². The summed E-state index contributed by atoms with van der Waals surface area (Å²) in [6, 6.07) is 3.00. The van der Waals surface area contributed by atoms with E-state index in [9.17, 15) is 4.79 Å². The van der Waals surface area contributed by atoms with Crippen LogP contribution in [0, 0.1) is 5.92 Å². The van der Waals surface area contributed by atoms with Crippen molar-refractivity contribution in [3.8, 4) is 0 Å². The third kappa shape index (κ3) is 2.65. The van der Waals surface area contributed by atoms with Gasteiger partial charge in [-0.1, -0.05) is 20.3 Å². The Bertz CT molecular complexity index is 365. The predicted octanol–water partition coefficient (Wildman–Crippen LogP) is 1.10. The standard InChI is InChI=1S/C12H19N3O/c1-3-8(2)11(14)12(16)9-5-4-6-15-10(9)7-13/h4-6,8,11H,3,7,13-14H2,1-2H3/t8-,11-/m0/s1. The van der Waals surface area contributed by atoms with Crippen molar-refractivity contribution in [1.29, 1.82) is 0 Å². The van der Waals surface area contributed by atoms with Gasteiger partial charge < -0.3 is 11.5 Å². The molecule has 88 valence electrons. The van der Waals surface area contributed by atoms with Gasteiger partial charge in [0.2, 0.25) is 0 Å². The highest BCUT2D eigenvalue weighted by Gasteiger charge is 2.22. The fourth-order valence-electron chi connectivity index (χ4n) is 1.52. The summed E-state index contributed by atoms with van der Waals surface area (Å²) >= 11 is 0. The van der Waals surface area contributed by atoms with Crippen LogP contribution >= 0.6 is 0 Å². The Morgan fingerprint density at radius 3 is 2.81 bits per heavy atom. The van der Waals surface area contributed by atoms with Gasteiger partial charge in [0.15, 0.2) is 5.78 Å². The van der Waals surface area contributed by atoms with E-state index >= 15 is 0 Å². The Labute approximate surface area is 96.0 Å². The van der Waals surface area contributed by atoms with E-state index in [-0.39, 0.29) is 18.2 Å². The highest BCUT2D eigenvalue weighted by Crippen LogP contribution is 2.13. The first-order valence-electron chi connectivity index (χ1n) is 5.55. The summed E-state index contributed by atoms with van der Waals surface area (Å²) in [5.41, 5.74) is 12.6. The molecule has 0 saturated heterocycles. The maximum Gasteiger partial charge on any atom is 0.181 e. The summed E-state index contributed by atoms with van der Waals surface area (Å²) < 4.78 is 0. The number of rotatable bonds is 5. The Morgan fingerprint density at radius 2 is 2.25 bits per heavy atom. The smallest absolute Gasteiger partial charge is 0.181 e. The van der Waals surface area contributed by atoms with Gasteiger partial charge in [0.05, 0.1) is 11.7 Å². The second-order valence-electron chi connectivity index (χ2n) is 3.98. The van der Waals surface area contributed by atoms with Crippen LogP contribution in [0.1, 0.15) is 36.3 Å². The SMILES string of the molecule is CC[C@H](C)[C@H](N)C(=O)c1cccnc1CN. The number of carbonyl (C=O) groups excluding carboxylic acids is 1. The van der Waals surface area contributed by atoms with Crippen molar-refractivity contribution >= 4 is 5.78 Å². The number of hydrogen-bond donors (Lipinski definition) is 2. The molecule has 0 aliphatic carbocycles. The second kappa shape index (κ2) is 5.72. The molecule has 4 heteroatoms. The number of hydrogen-bond acceptors (Lipinski definition) is 4. The first-order chi connectivity index (χ1) is 7.61. The average molecular weight is 221 g/mol. The third-order valence-electron chi connectivity index (χ3n) is 2.91. The fraction of sp³-hybridized carbons (Fsp3) is 0.500. The van der Waals surface area contributed by atoms with Gasteiger partial charge in [0, 0.05) is 18.3 Å². The molecule has 0 unspecified atom stereocenters. The molecular weight excluding hydrogens is 202 g/mol. The summed E-state index contributed by atoms with van der Waals surface area (Å²) in [7, 11) is 0. The minimum Gasteiger partial charge on any atom is -0.325 e. The molecule has 0 spiro atoms. The predicted molar refractivity (Wildman–Crippen MR) is 63.9 cm³/mol. The summed E-state index contributed by atoms with van der Waals surface area (Å²) in [5, 5.41) is 0. The van der Waals surface area contributed by atoms with Gasteiger partial charge in [0.1, 0.15) is 0 Å². The first-order valence-corrected chi connectivity index (χ1v) is 5.55. The summed E-state index contributed by atoms with van der Waals surface area (Å²) in [6.45, 7) is 4.25. The molecule has 0 fully saturated rings. The Balaban J connectivity index is 2.95. The van der Waals surface area contributed by atoms with Gasteiger partial charge in [-0.3, -0.25) is 9.78 Å². The third-order valence-corrected chi connectivity index (χ3v) is 2.91. The number of ketones is 1. The van der Waals surface area contributed by atoms with E-state index in [0.29, 0.717) is 11.3 Å². The van der Waals surface area contributed by atoms with Crippen LogP contribution in [0.2, 0.25) is 0 Å². The first kappa shape index (κ1) is 12.8. The van der Waals surface area contributed by atoms with Crippen molar-refractivity contribution in [3.05, 3.63) is 29.6 Å². The van der Waals surface area contributed by atoms with Crippen molar-refractivity contribution in [2.75, 3.05) is 0 Å². The number of carbonyl (C=O) groups is 1. The number of Topliss-reactive ketones (excluding diaryl/α,β-unsaturated/α-hetero) is 1. The van der Waals surface area contributed by atoms with Crippen LogP contribution in [0.3, 0.4) is 0 Å². The van der Waals surface area contributed by atoms with Crippen molar-refractivity contribution in [1.82, 2.24) is 4.98 Å². The van der Waals surface area contributed by atoms with Crippen LogP contribution < -0.4 is 11.5 Å². The van der Waals surface area contributed by atoms with Crippen LogP contribution in [0.15, 0.2) is 18.3 Å². The normalized spacial score (nSPS) is 14.5. The molecule has 0 radical (unpaired) electrons. The zero-order valence-corrected chi connectivity index (χ0v) is 9.81. The number of pyridine rings is 1. The van der Waals surface area contributed by atoms with E-state index in [2.05, 4.69) is 4.98 Å². The Hall–Kier alpha value is -1.26. The number of nitrogens with zero attached hydrogens (tertiary/aromatic N) is 1. The fourth-order valence-corrected chi connectivity index (χ4v) is 1.52. The highest BCUT2D eigenvalue weighted by molar-refractivity contribution is 6.01. The van der Waals surface area contributed by atoms with E-state index in [1.165, 1.54) is 0 Å². The Morgan fingerprint density at radius 1 is 1.56 bits per heavy atom. The summed E-state index contributed by atoms with van der Waals surface area (Å²) in [6.07, 6.45) is 2.51. The number of nitrogens with two attached hydrogens (primary N) is 2. The highest BCUT2D eigenvalue weighted by atomic mass is 16.1. The molecule has 0 aromatic carbocycles. The molecule has 4 nitrogen and oxygen atoms in total. The molecule has 2 atom stereocenters. The lowest BCUT2D eigenvalue weighted by Crippen LogP contribution is -2.37. The maximum atomic E-state index is 12.1. The van der Waals surface area contributed by atoms with Crippen LogP contribution in [-0.4, -0.2) is 16.8 Å². The lowest BCUT2D eigenvalue weighted by Gasteiger charge is -2.17. The van der Waals surface area contributed by atoms with Gasteiger partial charge in [-0.2, -0.15) is 0 Å². The van der Waals surface area contributed by atoms with Crippen LogP contribution in [-0.2, 0) is 6.54 Å². The Kier molecular flexibility index (Phi) is 4.58. The largest absolute Gasteiger partial charge is 0.325 e. The van der Waals surface area contributed by atoms with Crippen LogP contribution in [0.4, 0.5) is 0 Å². The van der Waals surface area contributed by atoms with E-state index in [4.69, 9.17) is 11.5 Å². The van der Waals surface area contributed by atoms with E-state index < -0.39 is 6.04 Å². The van der Waals surface area contributed by atoms with Crippen molar-refractivity contribution in [2.24, 2.45) is 17.4 Å². The molecule has 1 aromatic heterocycles. The molecule has 1 heterocycles. The van der Waals surface area contributed by atoms with Crippen molar-refractivity contribution in [2.45, 2.75) is 32.9 Å². The molecule has 0 saturated carbocycles. The molecule has 0 aliphatic heterocycles. The number of aromatic nitrogens is 1. The van der Waals surface area contributed by atoms with E-state index in [0.717, 1.165) is 6.42 Å². The van der Waals surface area contributed by atoms with Crippen molar-refractivity contribution < 1.29 is 4.79 Å². The van der Waals surface area contributed by atoms with Gasteiger partial charge in [-0.25, -0.2) is 0 Å². The maximum absolute atomic E-state index is 12.1. The second-order valence-corrected chi connectivity index (χ2v) is 3.98. The summed E-state index contributed by atoms with van der Waals surface area (Å²) in [4.78, 5) is 16.2. The molecule has 0 bridgehead atoms. The lowest BCUT2D eigenvalue weighted by atomic mass is 9.92. The van der Waals surface area contributed by atoms with Gasteiger partial charge in [-0.05, 0) is 18.1 Å². The molecular formula is C12H19N3O. The van der Waals surface area contributed by atoms with Crippen LogP contribution in [0.25, 0.3) is 0 Å². The van der Waals surface area contributed by atoms with Gasteiger partial charge in [0.25, 0.3) is 0 Å². The van der Waals surface area contributed by atoms with Gasteiger partial charge >= 0.3 is 0 Å². The summed E-state index contributed by atoms with van der Waals surface area (Å²) in [5.74, 6) is 0.0984. The van der Waals surface area contributed by atoms with Gasteiger partial charge in [-0.15, -0.1) is 0 Å². The average Bonchev–Trinajstić information content (AvgIpc) is 2.35.